The van der Waals surface area contributed by atoms with Gasteiger partial charge in [0.05, 0.1) is 0 Å². The number of rotatable bonds is 3. The summed E-state index contributed by atoms with van der Waals surface area (Å²) in [5.74, 6) is 0.570. The molecular formula is C18H28FN. The highest BCUT2D eigenvalue weighted by Gasteiger charge is 2.34. The molecule has 3 atom stereocenters. The van der Waals surface area contributed by atoms with Gasteiger partial charge in [-0.05, 0) is 37.2 Å². The van der Waals surface area contributed by atoms with E-state index in [1.165, 1.54) is 25.7 Å². The molecule has 0 amide bonds. The lowest BCUT2D eigenvalue weighted by molar-refractivity contribution is 0.124. The molecular weight excluding hydrogens is 249 g/mol. The molecule has 0 radical (unpaired) electrons. The highest BCUT2D eigenvalue weighted by molar-refractivity contribution is 5.20. The molecule has 0 heterocycles. The van der Waals surface area contributed by atoms with Crippen molar-refractivity contribution >= 4 is 0 Å². The number of nitrogens with one attached hydrogen (secondary N) is 1. The first-order chi connectivity index (χ1) is 9.39. The zero-order valence-electron chi connectivity index (χ0n) is 13.2. The molecule has 1 fully saturated rings. The first kappa shape index (κ1) is 15.5. The van der Waals surface area contributed by atoms with Gasteiger partial charge >= 0.3 is 0 Å². The first-order valence-electron chi connectivity index (χ1n) is 7.90. The molecule has 2 unspecified atom stereocenters. The largest absolute Gasteiger partial charge is 0.307 e. The van der Waals surface area contributed by atoms with Gasteiger partial charge in [-0.15, -0.1) is 0 Å². The Labute approximate surface area is 123 Å². The summed E-state index contributed by atoms with van der Waals surface area (Å²) in [6.45, 7) is 9.05. The molecule has 20 heavy (non-hydrogen) atoms. The zero-order chi connectivity index (χ0) is 14.8. The minimum absolute atomic E-state index is 0.0733. The molecule has 1 aliphatic rings. The van der Waals surface area contributed by atoms with Gasteiger partial charge in [-0.3, -0.25) is 0 Å². The van der Waals surface area contributed by atoms with E-state index in [9.17, 15) is 4.39 Å². The Bertz CT molecular complexity index is 435. The maximum absolute atomic E-state index is 13.9. The van der Waals surface area contributed by atoms with Crippen LogP contribution in [0, 0.1) is 17.2 Å². The van der Waals surface area contributed by atoms with Crippen molar-refractivity contribution in [2.75, 3.05) is 0 Å². The molecule has 2 heteroatoms. The lowest BCUT2D eigenvalue weighted by Crippen LogP contribution is -2.45. The van der Waals surface area contributed by atoms with Crippen LogP contribution in [0.3, 0.4) is 0 Å². The van der Waals surface area contributed by atoms with Gasteiger partial charge < -0.3 is 5.32 Å². The molecule has 0 bridgehead atoms. The fraction of sp³-hybridized carbons (Fsp3) is 0.667. The summed E-state index contributed by atoms with van der Waals surface area (Å²) in [4.78, 5) is 0. The van der Waals surface area contributed by atoms with E-state index in [1.807, 2.05) is 12.1 Å². The average Bonchev–Trinajstić information content (AvgIpc) is 2.38. The number of hydrogen-bond acceptors (Lipinski definition) is 1. The number of halogens is 1. The van der Waals surface area contributed by atoms with Crippen LogP contribution in [0.25, 0.3) is 0 Å². The maximum Gasteiger partial charge on any atom is 0.127 e. The third-order valence-electron chi connectivity index (χ3n) is 4.71. The fourth-order valence-corrected chi connectivity index (χ4v) is 3.60. The van der Waals surface area contributed by atoms with E-state index < -0.39 is 0 Å². The van der Waals surface area contributed by atoms with Crippen molar-refractivity contribution in [1.82, 2.24) is 5.32 Å². The van der Waals surface area contributed by atoms with Gasteiger partial charge in [-0.2, -0.15) is 0 Å². The van der Waals surface area contributed by atoms with Crippen molar-refractivity contribution in [3.63, 3.8) is 0 Å². The van der Waals surface area contributed by atoms with E-state index in [4.69, 9.17) is 0 Å². The molecule has 2 rings (SSSR count). The summed E-state index contributed by atoms with van der Waals surface area (Å²) in [6.07, 6.45) is 5.11. The Morgan fingerprint density at radius 2 is 1.80 bits per heavy atom. The quantitative estimate of drug-likeness (QED) is 0.812. The third kappa shape index (κ3) is 3.60. The van der Waals surface area contributed by atoms with E-state index in [1.54, 1.807) is 12.1 Å². The van der Waals surface area contributed by atoms with Gasteiger partial charge in [-0.1, -0.05) is 51.8 Å². The van der Waals surface area contributed by atoms with Crippen LogP contribution in [-0.2, 0) is 0 Å². The van der Waals surface area contributed by atoms with E-state index in [2.05, 4.69) is 33.0 Å². The van der Waals surface area contributed by atoms with Gasteiger partial charge in [-0.25, -0.2) is 4.39 Å². The van der Waals surface area contributed by atoms with Crippen molar-refractivity contribution in [1.29, 1.82) is 0 Å². The smallest absolute Gasteiger partial charge is 0.127 e. The standard InChI is InChI=1S/C18H28FN/c1-13(14-9-5-7-11-16(14)19)20-17-12-8-6-10-15(17)18(2,3)4/h5,7,9,11,13,15,17,20H,6,8,10,12H2,1-4H3/t13-,15?,17?/m1/s1. The van der Waals surface area contributed by atoms with Crippen LogP contribution >= 0.6 is 0 Å². The van der Waals surface area contributed by atoms with Crippen LogP contribution in [0.2, 0.25) is 0 Å². The van der Waals surface area contributed by atoms with Gasteiger partial charge in [0, 0.05) is 17.6 Å². The molecule has 0 saturated heterocycles. The monoisotopic (exact) mass is 277 g/mol. The molecule has 1 aromatic rings. The second-order valence-electron chi connectivity index (χ2n) is 7.27. The fourth-order valence-electron chi connectivity index (χ4n) is 3.60. The second kappa shape index (κ2) is 6.26. The Hall–Kier alpha value is -0.890. The average molecular weight is 277 g/mol. The van der Waals surface area contributed by atoms with Gasteiger partial charge in [0.1, 0.15) is 5.82 Å². The predicted octanol–water partition coefficient (Wildman–Crippen LogP) is 5.08. The zero-order valence-corrected chi connectivity index (χ0v) is 13.2. The van der Waals surface area contributed by atoms with Crippen LogP contribution in [0.4, 0.5) is 4.39 Å². The van der Waals surface area contributed by atoms with Gasteiger partial charge in [0.15, 0.2) is 0 Å². The van der Waals surface area contributed by atoms with E-state index in [0.29, 0.717) is 17.4 Å². The molecule has 1 N–H and O–H groups in total. The normalized spacial score (nSPS) is 25.4. The van der Waals surface area contributed by atoms with Gasteiger partial charge in [0.2, 0.25) is 0 Å². The topological polar surface area (TPSA) is 12.0 Å². The van der Waals surface area contributed by atoms with Crippen molar-refractivity contribution < 1.29 is 4.39 Å². The van der Waals surface area contributed by atoms with Crippen LogP contribution in [0.15, 0.2) is 24.3 Å². The van der Waals surface area contributed by atoms with Crippen molar-refractivity contribution in [2.24, 2.45) is 11.3 Å². The lowest BCUT2D eigenvalue weighted by atomic mass is 9.69. The Morgan fingerprint density at radius 1 is 1.15 bits per heavy atom. The van der Waals surface area contributed by atoms with Crippen LogP contribution in [0.5, 0.6) is 0 Å². The number of benzene rings is 1. The minimum Gasteiger partial charge on any atom is -0.307 e. The molecule has 0 aliphatic heterocycles. The summed E-state index contributed by atoms with van der Waals surface area (Å²) in [5, 5.41) is 3.69. The van der Waals surface area contributed by atoms with Crippen LogP contribution < -0.4 is 5.32 Å². The first-order valence-corrected chi connectivity index (χ1v) is 7.90. The molecule has 112 valence electrons. The molecule has 0 spiro atoms. The van der Waals surface area contributed by atoms with E-state index in [0.717, 1.165) is 5.56 Å². The molecule has 1 aliphatic carbocycles. The molecule has 1 aromatic carbocycles. The minimum atomic E-state index is -0.101. The summed E-state index contributed by atoms with van der Waals surface area (Å²) < 4.78 is 13.9. The van der Waals surface area contributed by atoms with Crippen molar-refractivity contribution in [3.05, 3.63) is 35.6 Å². The SMILES string of the molecule is C[C@@H](NC1CCCCC1C(C)(C)C)c1ccccc1F. The van der Waals surface area contributed by atoms with Gasteiger partial charge in [0.25, 0.3) is 0 Å². The van der Waals surface area contributed by atoms with Crippen molar-refractivity contribution in [2.45, 2.75) is 65.5 Å². The highest BCUT2D eigenvalue weighted by atomic mass is 19.1. The summed E-state index contributed by atoms with van der Waals surface area (Å²) in [6, 6.07) is 7.68. The summed E-state index contributed by atoms with van der Waals surface area (Å²) in [5.41, 5.74) is 1.10. The van der Waals surface area contributed by atoms with E-state index >= 15 is 0 Å². The lowest BCUT2D eigenvalue weighted by Gasteiger charge is -2.42. The summed E-state index contributed by atoms with van der Waals surface area (Å²) in [7, 11) is 0. The van der Waals surface area contributed by atoms with Crippen LogP contribution in [0.1, 0.15) is 65.0 Å². The molecule has 0 aromatic heterocycles. The summed E-state index contributed by atoms with van der Waals surface area (Å²) >= 11 is 0. The van der Waals surface area contributed by atoms with Crippen LogP contribution in [-0.4, -0.2) is 6.04 Å². The maximum atomic E-state index is 13.9. The Morgan fingerprint density at radius 3 is 2.45 bits per heavy atom. The third-order valence-corrected chi connectivity index (χ3v) is 4.71. The molecule has 1 nitrogen and oxygen atoms in total. The Kier molecular flexibility index (Phi) is 4.85. The number of hydrogen-bond donors (Lipinski definition) is 1. The Balaban J connectivity index is 2.09. The predicted molar refractivity (Wildman–Crippen MR) is 83.2 cm³/mol. The van der Waals surface area contributed by atoms with Crippen molar-refractivity contribution in [3.8, 4) is 0 Å². The second-order valence-corrected chi connectivity index (χ2v) is 7.27. The molecule has 1 saturated carbocycles. The van der Waals surface area contributed by atoms with E-state index in [-0.39, 0.29) is 11.9 Å². The highest BCUT2D eigenvalue weighted by Crippen LogP contribution is 2.38.